The molecule has 1 unspecified atom stereocenters. The first kappa shape index (κ1) is 20.6. The Morgan fingerprint density at radius 2 is 2.10 bits per heavy atom. The van der Waals surface area contributed by atoms with Gasteiger partial charge in [-0.3, -0.25) is 9.59 Å². The lowest BCUT2D eigenvalue weighted by atomic mass is 10.1. The highest BCUT2D eigenvalue weighted by Gasteiger charge is 2.26. The van der Waals surface area contributed by atoms with Gasteiger partial charge in [0.05, 0.1) is 18.2 Å². The second kappa shape index (κ2) is 8.98. The summed E-state index contributed by atoms with van der Waals surface area (Å²) in [6, 6.07) is 9.87. The van der Waals surface area contributed by atoms with Crippen LogP contribution in [0.2, 0.25) is 5.02 Å². The van der Waals surface area contributed by atoms with Gasteiger partial charge in [-0.05, 0) is 30.7 Å². The third kappa shape index (κ3) is 4.40. The summed E-state index contributed by atoms with van der Waals surface area (Å²) in [5.41, 5.74) is 1.86. The number of carbonyl (C=O) groups is 2. The molecule has 5 nitrogen and oxygen atoms in total. The molecule has 0 radical (unpaired) electrons. The number of fused-ring (bicyclic) bond motifs is 1. The van der Waals surface area contributed by atoms with E-state index in [0.717, 1.165) is 11.1 Å². The van der Waals surface area contributed by atoms with Gasteiger partial charge >= 0.3 is 0 Å². The van der Waals surface area contributed by atoms with Gasteiger partial charge in [0.1, 0.15) is 24.3 Å². The van der Waals surface area contributed by atoms with Crippen LogP contribution in [0, 0.1) is 5.82 Å². The third-order valence-corrected chi connectivity index (χ3v) is 5.63. The molecule has 1 atom stereocenters. The van der Waals surface area contributed by atoms with Crippen LogP contribution in [0.4, 0.5) is 4.39 Å². The molecule has 0 N–H and O–H groups in total. The zero-order chi connectivity index (χ0) is 21.1. The predicted octanol–water partition coefficient (Wildman–Crippen LogP) is 3.93. The van der Waals surface area contributed by atoms with Crippen LogP contribution in [0.3, 0.4) is 0 Å². The summed E-state index contributed by atoms with van der Waals surface area (Å²) in [5, 5.41) is 0.251. The maximum absolute atomic E-state index is 13.9. The lowest BCUT2D eigenvalue weighted by Crippen LogP contribution is -2.47. The zero-order valence-corrected chi connectivity index (χ0v) is 17.0. The van der Waals surface area contributed by atoms with Crippen molar-refractivity contribution in [2.24, 2.45) is 0 Å². The minimum atomic E-state index is -0.478. The zero-order valence-electron chi connectivity index (χ0n) is 16.3. The minimum absolute atomic E-state index is 0.142. The molecule has 2 aromatic carbocycles. The first-order valence-electron chi connectivity index (χ1n) is 9.83. The molecule has 0 saturated carbocycles. The summed E-state index contributed by atoms with van der Waals surface area (Å²) in [5.74, 6) is 0.116. The molecule has 1 aliphatic heterocycles. The van der Waals surface area contributed by atoms with Crippen molar-refractivity contribution in [3.63, 3.8) is 0 Å². The predicted molar refractivity (Wildman–Crippen MR) is 111 cm³/mol. The van der Waals surface area contributed by atoms with Crippen LogP contribution in [0.1, 0.15) is 27.9 Å². The minimum Gasteiger partial charge on any atom is -0.491 e. The van der Waals surface area contributed by atoms with E-state index in [4.69, 9.17) is 21.1 Å². The van der Waals surface area contributed by atoms with E-state index in [1.165, 1.54) is 24.3 Å². The number of morpholine rings is 1. The number of ketones is 1. The number of rotatable bonds is 5. The van der Waals surface area contributed by atoms with E-state index in [1.54, 1.807) is 11.0 Å². The molecule has 1 aliphatic carbocycles. The summed E-state index contributed by atoms with van der Waals surface area (Å²) in [4.78, 5) is 26.1. The Labute approximate surface area is 179 Å². The second-order valence-corrected chi connectivity index (χ2v) is 7.67. The van der Waals surface area contributed by atoms with Gasteiger partial charge in [-0.15, -0.1) is 0 Å². The van der Waals surface area contributed by atoms with Gasteiger partial charge in [-0.25, -0.2) is 4.39 Å². The molecule has 2 aromatic rings. The Morgan fingerprint density at radius 3 is 2.93 bits per heavy atom. The summed E-state index contributed by atoms with van der Waals surface area (Å²) >= 11 is 6.00. The van der Waals surface area contributed by atoms with E-state index in [2.05, 4.69) is 0 Å². The Hall–Kier alpha value is -2.70. The number of Topliss-reactive ketones (excluding diaryl/α,β-unsaturated/α-hetero) is 1. The van der Waals surface area contributed by atoms with Crippen LogP contribution in [0.15, 0.2) is 42.5 Å². The molecule has 1 heterocycles. The highest BCUT2D eigenvalue weighted by atomic mass is 35.5. The Bertz CT molecular complexity index is 986. The lowest BCUT2D eigenvalue weighted by Gasteiger charge is -2.32. The van der Waals surface area contributed by atoms with Crippen molar-refractivity contribution in [1.29, 1.82) is 0 Å². The normalized spacial score (nSPS) is 18.7. The number of hydrogen-bond donors (Lipinski definition) is 0. The molecule has 30 heavy (non-hydrogen) atoms. The fourth-order valence-electron chi connectivity index (χ4n) is 3.73. The van der Waals surface area contributed by atoms with E-state index in [-0.39, 0.29) is 35.0 Å². The number of carbonyl (C=O) groups excluding carboxylic acids is 2. The highest BCUT2D eigenvalue weighted by Crippen LogP contribution is 2.30. The van der Waals surface area contributed by atoms with Crippen LogP contribution in [0.25, 0.3) is 6.08 Å². The maximum Gasteiger partial charge on any atom is 0.246 e. The number of ether oxygens (including phenoxy) is 2. The Morgan fingerprint density at radius 1 is 1.27 bits per heavy atom. The van der Waals surface area contributed by atoms with Crippen molar-refractivity contribution in [1.82, 2.24) is 4.90 Å². The second-order valence-electron chi connectivity index (χ2n) is 7.26. The fraction of sp³-hybridized carbons (Fsp3) is 0.304. The number of amides is 1. The summed E-state index contributed by atoms with van der Waals surface area (Å²) in [7, 11) is 0. The van der Waals surface area contributed by atoms with E-state index in [1.807, 2.05) is 18.2 Å². The number of benzene rings is 2. The summed E-state index contributed by atoms with van der Waals surface area (Å²) in [6.07, 6.45) is 3.62. The standard InChI is InChI=1S/C23H21ClFNO4/c24-19-4-2-5-20(25)18(19)8-10-23(28)26-11-12-29-15(13-26)14-30-22-6-1-3-16-17(22)7-9-21(16)27/h1-6,8,10,15H,7,9,11-14H2/b10-8+. The molecule has 1 saturated heterocycles. The first-order valence-corrected chi connectivity index (χ1v) is 10.2. The Kier molecular flexibility index (Phi) is 6.16. The lowest BCUT2D eigenvalue weighted by molar-refractivity contribution is -0.134. The van der Waals surface area contributed by atoms with Crippen LogP contribution in [0.5, 0.6) is 5.75 Å². The van der Waals surface area contributed by atoms with Gasteiger partial charge in [0.2, 0.25) is 5.91 Å². The molecule has 7 heteroatoms. The molecule has 1 fully saturated rings. The van der Waals surface area contributed by atoms with Gasteiger partial charge in [-0.2, -0.15) is 0 Å². The van der Waals surface area contributed by atoms with Gasteiger partial charge in [0, 0.05) is 35.7 Å². The average Bonchev–Trinajstić information content (AvgIpc) is 3.13. The van der Waals surface area contributed by atoms with E-state index in [0.29, 0.717) is 38.3 Å². The molecule has 4 rings (SSSR count). The van der Waals surface area contributed by atoms with E-state index in [9.17, 15) is 14.0 Å². The monoisotopic (exact) mass is 429 g/mol. The molecule has 2 aliphatic rings. The maximum atomic E-state index is 13.9. The largest absolute Gasteiger partial charge is 0.491 e. The molecular weight excluding hydrogens is 409 g/mol. The summed E-state index contributed by atoms with van der Waals surface area (Å²) < 4.78 is 25.5. The van der Waals surface area contributed by atoms with Crippen LogP contribution in [-0.4, -0.2) is 49.0 Å². The van der Waals surface area contributed by atoms with Crippen LogP contribution in [-0.2, 0) is 16.0 Å². The molecule has 0 bridgehead atoms. The quantitative estimate of drug-likeness (QED) is 0.676. The summed E-state index contributed by atoms with van der Waals surface area (Å²) in [6.45, 7) is 1.47. The molecule has 156 valence electrons. The van der Waals surface area contributed by atoms with E-state index < -0.39 is 5.82 Å². The average molecular weight is 430 g/mol. The molecule has 1 amide bonds. The van der Waals surface area contributed by atoms with Crippen molar-refractivity contribution in [3.8, 4) is 5.75 Å². The van der Waals surface area contributed by atoms with Gasteiger partial charge in [0.15, 0.2) is 5.78 Å². The van der Waals surface area contributed by atoms with Crippen molar-refractivity contribution in [3.05, 3.63) is 70.0 Å². The number of halogens is 2. The van der Waals surface area contributed by atoms with Gasteiger partial charge in [0.25, 0.3) is 0 Å². The van der Waals surface area contributed by atoms with Crippen molar-refractivity contribution < 1.29 is 23.5 Å². The number of hydrogen-bond acceptors (Lipinski definition) is 4. The van der Waals surface area contributed by atoms with Crippen LogP contribution >= 0.6 is 11.6 Å². The van der Waals surface area contributed by atoms with Gasteiger partial charge in [-0.1, -0.05) is 29.8 Å². The molecular formula is C23H21ClFNO4. The van der Waals surface area contributed by atoms with Gasteiger partial charge < -0.3 is 14.4 Å². The highest BCUT2D eigenvalue weighted by molar-refractivity contribution is 6.32. The smallest absolute Gasteiger partial charge is 0.246 e. The van der Waals surface area contributed by atoms with Crippen molar-refractivity contribution >= 4 is 29.4 Å². The molecule has 0 spiro atoms. The SMILES string of the molecule is O=C1CCc2c(OCC3CN(C(=O)/C=C/c4c(F)cccc4Cl)CCO3)cccc21. The third-order valence-electron chi connectivity index (χ3n) is 5.30. The number of nitrogens with zero attached hydrogens (tertiary/aromatic N) is 1. The van der Waals surface area contributed by atoms with Crippen LogP contribution < -0.4 is 4.74 Å². The topological polar surface area (TPSA) is 55.8 Å². The fourth-order valence-corrected chi connectivity index (χ4v) is 3.95. The van der Waals surface area contributed by atoms with Crippen molar-refractivity contribution in [2.45, 2.75) is 18.9 Å². The Balaban J connectivity index is 1.36. The molecule has 0 aromatic heterocycles. The van der Waals surface area contributed by atoms with E-state index >= 15 is 0 Å². The van der Waals surface area contributed by atoms with Crippen molar-refractivity contribution in [2.75, 3.05) is 26.3 Å². The first-order chi connectivity index (χ1) is 14.5.